The molecule has 27 heavy (non-hydrogen) atoms. The van der Waals surface area contributed by atoms with Gasteiger partial charge < -0.3 is 5.73 Å². The molecule has 9 heteroatoms. The Morgan fingerprint density at radius 1 is 1.26 bits per heavy atom. The SMILES string of the molecule is CN(C)S(=O)(=O)N1CCC[C@@H](c2nccnc2-c2cccc(C(N)=O)c2)C1. The molecule has 1 saturated heterocycles. The van der Waals surface area contributed by atoms with Gasteiger partial charge in [0, 0.05) is 56.6 Å². The fourth-order valence-electron chi connectivity index (χ4n) is 3.30. The fourth-order valence-corrected chi connectivity index (χ4v) is 4.49. The van der Waals surface area contributed by atoms with Crippen molar-refractivity contribution in [1.82, 2.24) is 18.6 Å². The zero-order chi connectivity index (χ0) is 19.6. The first-order valence-corrected chi connectivity index (χ1v) is 10.1. The zero-order valence-corrected chi connectivity index (χ0v) is 16.2. The summed E-state index contributed by atoms with van der Waals surface area (Å²) in [4.78, 5) is 20.5. The van der Waals surface area contributed by atoms with Gasteiger partial charge in [-0.15, -0.1) is 0 Å². The molecule has 1 aromatic heterocycles. The number of aromatic nitrogens is 2. The van der Waals surface area contributed by atoms with Crippen LogP contribution in [0, 0.1) is 0 Å². The van der Waals surface area contributed by atoms with Crippen molar-refractivity contribution < 1.29 is 13.2 Å². The normalized spacial score (nSPS) is 18.6. The number of hydrogen-bond donors (Lipinski definition) is 1. The van der Waals surface area contributed by atoms with Gasteiger partial charge in [0.05, 0.1) is 11.4 Å². The zero-order valence-electron chi connectivity index (χ0n) is 15.4. The second-order valence-corrected chi connectivity index (χ2v) is 8.86. The van der Waals surface area contributed by atoms with E-state index in [2.05, 4.69) is 9.97 Å². The highest BCUT2D eigenvalue weighted by atomic mass is 32.2. The Balaban J connectivity index is 1.97. The summed E-state index contributed by atoms with van der Waals surface area (Å²) in [6.45, 7) is 0.839. The van der Waals surface area contributed by atoms with Crippen molar-refractivity contribution in [2.75, 3.05) is 27.2 Å². The lowest BCUT2D eigenvalue weighted by molar-refractivity contribution is 0.100. The van der Waals surface area contributed by atoms with Crippen molar-refractivity contribution in [2.24, 2.45) is 5.73 Å². The second-order valence-electron chi connectivity index (χ2n) is 6.72. The fraction of sp³-hybridized carbons (Fsp3) is 0.389. The standard InChI is InChI=1S/C18H23N5O3S/c1-22(2)27(25,26)23-10-4-7-15(12-23)17-16(20-8-9-21-17)13-5-3-6-14(11-13)18(19)24/h3,5-6,8-9,11,15H,4,7,10,12H2,1-2H3,(H2,19,24)/t15-/m1/s1. The number of rotatable bonds is 5. The van der Waals surface area contributed by atoms with Crippen LogP contribution in [0.2, 0.25) is 0 Å². The Kier molecular flexibility index (Phi) is 5.54. The number of primary amides is 1. The van der Waals surface area contributed by atoms with Gasteiger partial charge in [0.25, 0.3) is 10.2 Å². The van der Waals surface area contributed by atoms with Crippen LogP contribution in [0.4, 0.5) is 0 Å². The van der Waals surface area contributed by atoms with Gasteiger partial charge >= 0.3 is 0 Å². The first kappa shape index (κ1) is 19.4. The second kappa shape index (κ2) is 7.71. The van der Waals surface area contributed by atoms with E-state index in [4.69, 9.17) is 5.73 Å². The lowest BCUT2D eigenvalue weighted by Crippen LogP contribution is -2.45. The molecule has 0 bridgehead atoms. The topological polar surface area (TPSA) is 109 Å². The number of nitrogens with two attached hydrogens (primary N) is 1. The van der Waals surface area contributed by atoms with E-state index in [0.717, 1.165) is 24.1 Å². The van der Waals surface area contributed by atoms with Crippen molar-refractivity contribution in [3.8, 4) is 11.3 Å². The summed E-state index contributed by atoms with van der Waals surface area (Å²) in [5, 5.41) is 0. The monoisotopic (exact) mass is 389 g/mol. The molecule has 1 atom stereocenters. The van der Waals surface area contributed by atoms with E-state index >= 15 is 0 Å². The molecule has 0 saturated carbocycles. The van der Waals surface area contributed by atoms with Gasteiger partial charge in [-0.2, -0.15) is 17.0 Å². The van der Waals surface area contributed by atoms with Crippen LogP contribution in [-0.2, 0) is 10.2 Å². The Morgan fingerprint density at radius 3 is 2.70 bits per heavy atom. The molecule has 1 aliphatic heterocycles. The maximum atomic E-state index is 12.5. The highest BCUT2D eigenvalue weighted by molar-refractivity contribution is 7.86. The summed E-state index contributed by atoms with van der Waals surface area (Å²) in [5.74, 6) is -0.586. The number of piperidine rings is 1. The summed E-state index contributed by atoms with van der Waals surface area (Å²) < 4.78 is 27.7. The van der Waals surface area contributed by atoms with E-state index in [0.29, 0.717) is 24.3 Å². The molecule has 2 N–H and O–H groups in total. The van der Waals surface area contributed by atoms with Crippen LogP contribution < -0.4 is 5.73 Å². The van der Waals surface area contributed by atoms with Gasteiger partial charge in [-0.1, -0.05) is 12.1 Å². The Morgan fingerprint density at radius 2 is 2.00 bits per heavy atom. The minimum atomic E-state index is -3.48. The van der Waals surface area contributed by atoms with Gasteiger partial charge in [0.15, 0.2) is 0 Å². The maximum absolute atomic E-state index is 12.5. The molecule has 8 nitrogen and oxygen atoms in total. The van der Waals surface area contributed by atoms with Gasteiger partial charge in [-0.3, -0.25) is 14.8 Å². The van der Waals surface area contributed by atoms with Gasteiger partial charge in [0.1, 0.15) is 0 Å². The summed E-state index contributed by atoms with van der Waals surface area (Å²) in [6, 6.07) is 6.93. The Labute approximate surface area is 159 Å². The summed E-state index contributed by atoms with van der Waals surface area (Å²) in [5.41, 5.74) is 7.90. The van der Waals surface area contributed by atoms with E-state index < -0.39 is 16.1 Å². The molecule has 0 aliphatic carbocycles. The van der Waals surface area contributed by atoms with Crippen LogP contribution in [0.25, 0.3) is 11.3 Å². The van der Waals surface area contributed by atoms with E-state index in [1.165, 1.54) is 22.7 Å². The summed E-state index contributed by atoms with van der Waals surface area (Å²) in [7, 11) is -0.419. The predicted octanol–water partition coefficient (Wildman–Crippen LogP) is 1.23. The van der Waals surface area contributed by atoms with Crippen LogP contribution >= 0.6 is 0 Å². The van der Waals surface area contributed by atoms with Gasteiger partial charge in [0.2, 0.25) is 5.91 Å². The van der Waals surface area contributed by atoms with Crippen molar-refractivity contribution in [2.45, 2.75) is 18.8 Å². The lowest BCUT2D eigenvalue weighted by atomic mass is 9.92. The molecule has 2 heterocycles. The molecule has 2 aromatic rings. The highest BCUT2D eigenvalue weighted by Gasteiger charge is 2.32. The lowest BCUT2D eigenvalue weighted by Gasteiger charge is -2.33. The molecule has 0 radical (unpaired) electrons. The summed E-state index contributed by atoms with van der Waals surface area (Å²) in [6.07, 6.45) is 4.76. The van der Waals surface area contributed by atoms with Crippen molar-refractivity contribution in [3.63, 3.8) is 0 Å². The number of nitrogens with zero attached hydrogens (tertiary/aromatic N) is 4. The Bertz CT molecular complexity index is 946. The largest absolute Gasteiger partial charge is 0.366 e. The van der Waals surface area contributed by atoms with Gasteiger partial charge in [-0.05, 0) is 25.0 Å². The molecule has 1 fully saturated rings. The molecular weight excluding hydrogens is 366 g/mol. The average Bonchev–Trinajstić information content (AvgIpc) is 2.68. The number of hydrogen-bond acceptors (Lipinski definition) is 5. The van der Waals surface area contributed by atoms with E-state index in [1.54, 1.807) is 30.6 Å². The quantitative estimate of drug-likeness (QED) is 0.827. The van der Waals surface area contributed by atoms with Crippen molar-refractivity contribution in [3.05, 3.63) is 47.9 Å². The first-order valence-electron chi connectivity index (χ1n) is 8.69. The van der Waals surface area contributed by atoms with E-state index in [9.17, 15) is 13.2 Å². The third kappa shape index (κ3) is 4.00. The Hall–Kier alpha value is -2.36. The molecular formula is C18H23N5O3S. The highest BCUT2D eigenvalue weighted by Crippen LogP contribution is 2.33. The van der Waals surface area contributed by atoms with Crippen LogP contribution in [0.3, 0.4) is 0 Å². The third-order valence-corrected chi connectivity index (χ3v) is 6.61. The maximum Gasteiger partial charge on any atom is 0.281 e. The van der Waals surface area contributed by atoms with Crippen LogP contribution in [0.1, 0.15) is 34.8 Å². The molecule has 0 spiro atoms. The number of carbonyl (C=O) groups excluding carboxylic acids is 1. The molecule has 1 aromatic carbocycles. The predicted molar refractivity (Wildman–Crippen MR) is 102 cm³/mol. The first-order chi connectivity index (χ1) is 12.8. The molecule has 1 aliphatic rings. The van der Waals surface area contributed by atoms with Crippen molar-refractivity contribution >= 4 is 16.1 Å². The average molecular weight is 389 g/mol. The van der Waals surface area contributed by atoms with Gasteiger partial charge in [-0.25, -0.2) is 0 Å². The molecule has 3 rings (SSSR count). The number of amides is 1. The smallest absolute Gasteiger partial charge is 0.281 e. The van der Waals surface area contributed by atoms with Crippen LogP contribution in [0.5, 0.6) is 0 Å². The third-order valence-electron chi connectivity index (χ3n) is 4.71. The number of benzene rings is 1. The minimum Gasteiger partial charge on any atom is -0.366 e. The van der Waals surface area contributed by atoms with Crippen LogP contribution in [-0.4, -0.2) is 60.1 Å². The van der Waals surface area contributed by atoms with Crippen LogP contribution in [0.15, 0.2) is 36.7 Å². The number of carbonyl (C=O) groups is 1. The molecule has 0 unspecified atom stereocenters. The molecule has 1 amide bonds. The molecule has 144 valence electrons. The summed E-state index contributed by atoms with van der Waals surface area (Å²) >= 11 is 0. The minimum absolute atomic E-state index is 0.0746. The van der Waals surface area contributed by atoms with Crippen molar-refractivity contribution in [1.29, 1.82) is 0 Å². The van der Waals surface area contributed by atoms with E-state index in [1.807, 2.05) is 6.07 Å². The van der Waals surface area contributed by atoms with E-state index in [-0.39, 0.29) is 5.92 Å².